The van der Waals surface area contributed by atoms with Gasteiger partial charge in [-0.25, -0.2) is 19.9 Å². The van der Waals surface area contributed by atoms with Gasteiger partial charge in [-0.1, -0.05) is 0 Å². The number of aryl methyl sites for hydroxylation is 1. The van der Waals surface area contributed by atoms with Gasteiger partial charge in [-0.2, -0.15) is 13.2 Å². The molecule has 10 heteroatoms. The van der Waals surface area contributed by atoms with Crippen molar-refractivity contribution >= 4 is 22.7 Å². The number of alkyl halides is 3. The predicted octanol–water partition coefficient (Wildman–Crippen LogP) is 3.25. The van der Waals surface area contributed by atoms with E-state index < -0.39 is 11.9 Å². The molecular formula is C20H20F3N7. The highest BCUT2D eigenvalue weighted by atomic mass is 19.4. The summed E-state index contributed by atoms with van der Waals surface area (Å²) < 4.78 is 39.5. The van der Waals surface area contributed by atoms with Gasteiger partial charge in [0.2, 0.25) is 5.95 Å². The number of anilines is 2. The second kappa shape index (κ2) is 6.75. The van der Waals surface area contributed by atoms with Gasteiger partial charge in [0.1, 0.15) is 17.3 Å². The van der Waals surface area contributed by atoms with E-state index in [2.05, 4.69) is 29.8 Å². The maximum absolute atomic E-state index is 13.2. The molecule has 7 nitrogen and oxygen atoms in total. The van der Waals surface area contributed by atoms with Crippen LogP contribution in [-0.2, 0) is 6.18 Å². The van der Waals surface area contributed by atoms with Crippen LogP contribution < -0.4 is 9.80 Å². The van der Waals surface area contributed by atoms with Gasteiger partial charge in [0.05, 0.1) is 17.8 Å². The number of hydrogen-bond acceptors (Lipinski definition) is 7. The molecule has 5 rings (SSSR count). The van der Waals surface area contributed by atoms with Gasteiger partial charge in [-0.3, -0.25) is 4.98 Å². The van der Waals surface area contributed by atoms with E-state index in [9.17, 15) is 13.2 Å². The molecule has 3 atom stereocenters. The minimum atomic E-state index is -4.49. The fourth-order valence-electron chi connectivity index (χ4n) is 4.75. The van der Waals surface area contributed by atoms with Gasteiger partial charge in [-0.05, 0) is 32.4 Å². The van der Waals surface area contributed by atoms with Crippen molar-refractivity contribution in [2.24, 2.45) is 5.92 Å². The van der Waals surface area contributed by atoms with E-state index in [4.69, 9.17) is 0 Å². The van der Waals surface area contributed by atoms with Crippen LogP contribution in [0.1, 0.15) is 24.9 Å². The minimum absolute atomic E-state index is 0.0237. The van der Waals surface area contributed by atoms with Crippen LogP contribution in [0.2, 0.25) is 0 Å². The van der Waals surface area contributed by atoms with E-state index in [0.717, 1.165) is 35.8 Å². The van der Waals surface area contributed by atoms with Crippen LogP contribution >= 0.6 is 0 Å². The van der Waals surface area contributed by atoms with Gasteiger partial charge in [0, 0.05) is 42.8 Å². The second-order valence-electron chi connectivity index (χ2n) is 7.95. The second-order valence-corrected chi connectivity index (χ2v) is 7.95. The van der Waals surface area contributed by atoms with Crippen molar-refractivity contribution in [3.8, 4) is 0 Å². The Hall–Kier alpha value is -3.04. The van der Waals surface area contributed by atoms with Crippen molar-refractivity contribution in [1.29, 1.82) is 0 Å². The fraction of sp³-hybridized carbons (Fsp3) is 0.450. The summed E-state index contributed by atoms with van der Waals surface area (Å²) in [5, 5.41) is 0.922. The average Bonchev–Trinajstić information content (AvgIpc) is 3.23. The average molecular weight is 415 g/mol. The lowest BCUT2D eigenvalue weighted by Crippen LogP contribution is -2.40. The van der Waals surface area contributed by atoms with E-state index in [1.165, 1.54) is 6.20 Å². The summed E-state index contributed by atoms with van der Waals surface area (Å²) in [5.74, 6) is 1.94. The molecule has 0 amide bonds. The standard InChI is InChI=1S/C20H20F3N7/c1-11-7-13-9-29(18-14-3-5-24-8-15(14)26-12(2)27-18)10-16(13)30(11)19-25-6-4-17(28-19)20(21,22)23/h3-6,8,11,13,16H,7,9-10H2,1-2H3. The SMILES string of the molecule is Cc1nc(N2CC3CC(C)N(c4nccc(C(F)(F)F)n4)C3C2)c2ccncc2n1. The van der Waals surface area contributed by atoms with Crippen molar-refractivity contribution in [3.63, 3.8) is 0 Å². The Balaban J connectivity index is 1.48. The van der Waals surface area contributed by atoms with Gasteiger partial charge >= 0.3 is 6.18 Å². The molecule has 0 spiro atoms. The summed E-state index contributed by atoms with van der Waals surface area (Å²) in [5.41, 5.74) is -0.133. The number of aromatic nitrogens is 5. The largest absolute Gasteiger partial charge is 0.433 e. The molecule has 30 heavy (non-hydrogen) atoms. The summed E-state index contributed by atoms with van der Waals surface area (Å²) in [6.07, 6.45) is 0.991. The Labute approximate surface area is 171 Å². The number of halogens is 3. The number of fused-ring (bicyclic) bond motifs is 2. The fourth-order valence-corrected chi connectivity index (χ4v) is 4.75. The van der Waals surface area contributed by atoms with Gasteiger partial charge in [-0.15, -0.1) is 0 Å². The van der Waals surface area contributed by atoms with E-state index in [-0.39, 0.29) is 18.0 Å². The molecule has 2 saturated heterocycles. The molecule has 2 aliphatic heterocycles. The number of pyridine rings is 1. The summed E-state index contributed by atoms with van der Waals surface area (Å²) in [6.45, 7) is 5.28. The molecule has 3 aromatic heterocycles. The quantitative estimate of drug-likeness (QED) is 0.636. The van der Waals surface area contributed by atoms with Crippen LogP contribution in [0.3, 0.4) is 0 Å². The first-order chi connectivity index (χ1) is 14.3. The maximum Gasteiger partial charge on any atom is 0.433 e. The normalized spacial score (nSPS) is 24.0. The third-order valence-corrected chi connectivity index (χ3v) is 5.94. The summed E-state index contributed by atoms with van der Waals surface area (Å²) >= 11 is 0. The Bertz CT molecular complexity index is 1100. The lowest BCUT2D eigenvalue weighted by Gasteiger charge is -2.29. The van der Waals surface area contributed by atoms with Gasteiger partial charge in [0.15, 0.2) is 0 Å². The highest BCUT2D eigenvalue weighted by molar-refractivity contribution is 5.89. The highest BCUT2D eigenvalue weighted by Gasteiger charge is 2.47. The van der Waals surface area contributed by atoms with Crippen molar-refractivity contribution in [1.82, 2.24) is 24.9 Å². The van der Waals surface area contributed by atoms with Crippen molar-refractivity contribution in [3.05, 3.63) is 42.2 Å². The smallest absolute Gasteiger partial charge is 0.354 e. The van der Waals surface area contributed by atoms with Gasteiger partial charge in [0.25, 0.3) is 0 Å². The monoisotopic (exact) mass is 415 g/mol. The van der Waals surface area contributed by atoms with Crippen molar-refractivity contribution < 1.29 is 13.2 Å². The zero-order valence-corrected chi connectivity index (χ0v) is 16.5. The first kappa shape index (κ1) is 19.0. The van der Waals surface area contributed by atoms with E-state index in [0.29, 0.717) is 18.3 Å². The molecule has 0 saturated carbocycles. The van der Waals surface area contributed by atoms with Crippen LogP contribution in [0.15, 0.2) is 30.7 Å². The first-order valence-electron chi connectivity index (χ1n) is 9.83. The molecule has 0 bridgehead atoms. The Kier molecular flexibility index (Phi) is 4.26. The van der Waals surface area contributed by atoms with Crippen molar-refractivity contribution in [2.45, 2.75) is 38.5 Å². The van der Waals surface area contributed by atoms with Crippen LogP contribution in [0.4, 0.5) is 24.9 Å². The number of nitrogens with zero attached hydrogens (tertiary/aromatic N) is 7. The molecule has 3 unspecified atom stereocenters. The van der Waals surface area contributed by atoms with E-state index in [1.807, 2.05) is 24.8 Å². The van der Waals surface area contributed by atoms with Gasteiger partial charge < -0.3 is 9.80 Å². The molecule has 0 N–H and O–H groups in total. The Morgan fingerprint density at radius 1 is 1.07 bits per heavy atom. The molecular weight excluding hydrogens is 395 g/mol. The molecule has 3 aromatic rings. The molecule has 0 aliphatic carbocycles. The predicted molar refractivity (Wildman–Crippen MR) is 105 cm³/mol. The summed E-state index contributed by atoms with van der Waals surface area (Å²) in [7, 11) is 0. The number of rotatable bonds is 2. The Morgan fingerprint density at radius 2 is 1.90 bits per heavy atom. The topological polar surface area (TPSA) is 70.9 Å². The van der Waals surface area contributed by atoms with E-state index in [1.54, 1.807) is 12.4 Å². The molecule has 0 aromatic carbocycles. The zero-order chi connectivity index (χ0) is 21.0. The third-order valence-electron chi connectivity index (χ3n) is 5.94. The third kappa shape index (κ3) is 3.10. The van der Waals surface area contributed by atoms with Crippen LogP contribution in [0.25, 0.3) is 10.9 Å². The number of hydrogen-bond donors (Lipinski definition) is 0. The molecule has 156 valence electrons. The minimum Gasteiger partial charge on any atom is -0.354 e. The lowest BCUT2D eigenvalue weighted by molar-refractivity contribution is -0.141. The lowest BCUT2D eigenvalue weighted by atomic mass is 10.0. The molecule has 5 heterocycles. The maximum atomic E-state index is 13.2. The Morgan fingerprint density at radius 3 is 2.70 bits per heavy atom. The molecule has 2 fully saturated rings. The molecule has 0 radical (unpaired) electrons. The summed E-state index contributed by atoms with van der Waals surface area (Å²) in [6, 6.07) is 2.90. The van der Waals surface area contributed by atoms with Crippen molar-refractivity contribution in [2.75, 3.05) is 22.9 Å². The zero-order valence-electron chi connectivity index (χ0n) is 16.5. The summed E-state index contributed by atoms with van der Waals surface area (Å²) in [4.78, 5) is 25.4. The van der Waals surface area contributed by atoms with E-state index >= 15 is 0 Å². The highest BCUT2D eigenvalue weighted by Crippen LogP contribution is 2.40. The first-order valence-corrected chi connectivity index (χ1v) is 9.83. The van der Waals surface area contributed by atoms with Crippen LogP contribution in [0.5, 0.6) is 0 Å². The van der Waals surface area contributed by atoms with Crippen LogP contribution in [-0.4, -0.2) is 50.1 Å². The van der Waals surface area contributed by atoms with Crippen LogP contribution in [0, 0.1) is 12.8 Å². The molecule has 2 aliphatic rings.